The van der Waals surface area contributed by atoms with Crippen LogP contribution in [0.15, 0.2) is 66.7 Å². The predicted octanol–water partition coefficient (Wildman–Crippen LogP) is 3.78. The van der Waals surface area contributed by atoms with Crippen LogP contribution in [0.25, 0.3) is 11.1 Å². The number of carbonyl (C=O) groups excluding carboxylic acids is 1. The first-order chi connectivity index (χ1) is 14.7. The highest BCUT2D eigenvalue weighted by molar-refractivity contribution is 6.22. The van der Waals surface area contributed by atoms with E-state index in [1.165, 1.54) is 11.1 Å². The molecule has 2 aliphatic rings. The van der Waals surface area contributed by atoms with Crippen molar-refractivity contribution in [2.45, 2.75) is 31.4 Å². The fourth-order valence-electron chi connectivity index (χ4n) is 4.58. The zero-order valence-electron chi connectivity index (χ0n) is 16.8. The maximum atomic E-state index is 12.6. The number of ketones is 1. The van der Waals surface area contributed by atoms with Crippen LogP contribution in [-0.4, -0.2) is 36.2 Å². The van der Waals surface area contributed by atoms with E-state index in [4.69, 9.17) is 4.74 Å². The van der Waals surface area contributed by atoms with Crippen molar-refractivity contribution in [1.82, 2.24) is 5.32 Å². The van der Waals surface area contributed by atoms with Crippen LogP contribution >= 0.6 is 0 Å². The molecule has 0 saturated carbocycles. The van der Waals surface area contributed by atoms with Crippen LogP contribution < -0.4 is 10.1 Å². The minimum atomic E-state index is -0.620. The molecule has 0 aliphatic heterocycles. The summed E-state index contributed by atoms with van der Waals surface area (Å²) in [4.78, 5) is 12.6. The molecule has 0 radical (unpaired) electrons. The summed E-state index contributed by atoms with van der Waals surface area (Å²) in [5, 5.41) is 14.0. The van der Waals surface area contributed by atoms with Gasteiger partial charge in [-0.25, -0.2) is 0 Å². The molecule has 2 atom stereocenters. The summed E-state index contributed by atoms with van der Waals surface area (Å²) < 4.78 is 5.97. The first-order valence-corrected chi connectivity index (χ1v) is 10.6. The number of rotatable bonds is 6. The van der Waals surface area contributed by atoms with Crippen molar-refractivity contribution in [3.05, 3.63) is 89.0 Å². The molecule has 0 bridgehead atoms. The van der Waals surface area contributed by atoms with Gasteiger partial charge in [-0.15, -0.1) is 0 Å². The normalized spacial score (nSPS) is 17.8. The van der Waals surface area contributed by atoms with Gasteiger partial charge in [-0.1, -0.05) is 60.7 Å². The number of ether oxygens (including phenoxy) is 1. The molecule has 2 aliphatic carbocycles. The number of fused-ring (bicyclic) bond motifs is 4. The van der Waals surface area contributed by atoms with E-state index in [0.29, 0.717) is 29.5 Å². The van der Waals surface area contributed by atoms with Gasteiger partial charge < -0.3 is 15.2 Å². The first kappa shape index (κ1) is 19.0. The summed E-state index contributed by atoms with van der Waals surface area (Å²) in [5.41, 5.74) is 5.96. The van der Waals surface area contributed by atoms with Crippen LogP contribution in [0.3, 0.4) is 0 Å². The largest absolute Gasteiger partial charge is 0.490 e. The van der Waals surface area contributed by atoms with Gasteiger partial charge in [0.25, 0.3) is 0 Å². The van der Waals surface area contributed by atoms with Crippen LogP contribution in [0.5, 0.6) is 5.75 Å². The Bertz CT molecular complexity index is 1090. The lowest BCUT2D eigenvalue weighted by molar-refractivity contribution is 0.103. The highest BCUT2D eigenvalue weighted by atomic mass is 16.5. The third kappa shape index (κ3) is 3.53. The molecule has 0 heterocycles. The molecule has 3 aromatic carbocycles. The average molecular weight is 399 g/mol. The van der Waals surface area contributed by atoms with Crippen molar-refractivity contribution in [1.29, 1.82) is 0 Å². The second-order valence-electron chi connectivity index (χ2n) is 8.13. The molecule has 0 spiro atoms. The summed E-state index contributed by atoms with van der Waals surface area (Å²) in [6.07, 6.45) is 2.53. The molecule has 2 N–H and O–H groups in total. The van der Waals surface area contributed by atoms with E-state index in [1.807, 2.05) is 42.5 Å². The fourth-order valence-corrected chi connectivity index (χ4v) is 4.58. The fraction of sp³-hybridized carbons (Fsp3) is 0.269. The van der Waals surface area contributed by atoms with E-state index in [9.17, 15) is 9.90 Å². The number of hydrogen-bond donors (Lipinski definition) is 2. The van der Waals surface area contributed by atoms with Crippen molar-refractivity contribution in [2.24, 2.45) is 0 Å². The van der Waals surface area contributed by atoms with E-state index in [1.54, 1.807) is 0 Å². The Kier molecular flexibility index (Phi) is 5.11. The summed E-state index contributed by atoms with van der Waals surface area (Å²) >= 11 is 0. The van der Waals surface area contributed by atoms with Gasteiger partial charge in [0.2, 0.25) is 0 Å². The molecular formula is C26H25NO3. The first-order valence-electron chi connectivity index (χ1n) is 10.6. The number of aliphatic hydroxyl groups is 1. The van der Waals surface area contributed by atoms with Crippen LogP contribution in [0, 0.1) is 0 Å². The number of hydrogen-bond acceptors (Lipinski definition) is 4. The van der Waals surface area contributed by atoms with E-state index in [2.05, 4.69) is 29.6 Å². The smallest absolute Gasteiger partial charge is 0.194 e. The van der Waals surface area contributed by atoms with Gasteiger partial charge >= 0.3 is 0 Å². The molecule has 4 heteroatoms. The summed E-state index contributed by atoms with van der Waals surface area (Å²) in [5.74, 6) is 0.683. The SMILES string of the molecule is O=C1c2ccccc2-c2c(OCC(O)CNC3CCc4ccccc4C3)cccc21. The summed E-state index contributed by atoms with van der Waals surface area (Å²) in [7, 11) is 0. The third-order valence-corrected chi connectivity index (χ3v) is 6.13. The average Bonchev–Trinajstić information content (AvgIpc) is 3.09. The third-order valence-electron chi connectivity index (χ3n) is 6.13. The van der Waals surface area contributed by atoms with Crippen molar-refractivity contribution < 1.29 is 14.6 Å². The second-order valence-corrected chi connectivity index (χ2v) is 8.13. The number of aliphatic hydroxyl groups excluding tert-OH is 1. The van der Waals surface area contributed by atoms with Crippen LogP contribution in [0.1, 0.15) is 33.5 Å². The molecule has 0 saturated heterocycles. The lowest BCUT2D eigenvalue weighted by atomic mass is 9.88. The van der Waals surface area contributed by atoms with E-state index >= 15 is 0 Å². The highest BCUT2D eigenvalue weighted by Gasteiger charge is 2.29. The number of nitrogens with one attached hydrogen (secondary N) is 1. The quantitative estimate of drug-likeness (QED) is 0.518. The second kappa shape index (κ2) is 8.05. The van der Waals surface area contributed by atoms with E-state index < -0.39 is 6.10 Å². The number of carbonyl (C=O) groups is 1. The Morgan fingerprint density at radius 2 is 1.67 bits per heavy atom. The van der Waals surface area contributed by atoms with Gasteiger partial charge in [-0.05, 0) is 42.0 Å². The molecular weight excluding hydrogens is 374 g/mol. The molecule has 152 valence electrons. The molecule has 0 fully saturated rings. The zero-order valence-corrected chi connectivity index (χ0v) is 16.8. The maximum absolute atomic E-state index is 12.6. The van der Waals surface area contributed by atoms with Crippen molar-refractivity contribution >= 4 is 5.78 Å². The Labute approximate surface area is 176 Å². The van der Waals surface area contributed by atoms with Crippen molar-refractivity contribution in [2.75, 3.05) is 13.2 Å². The molecule has 4 nitrogen and oxygen atoms in total. The van der Waals surface area contributed by atoms with Crippen molar-refractivity contribution in [3.63, 3.8) is 0 Å². The van der Waals surface area contributed by atoms with Crippen LogP contribution in [0.2, 0.25) is 0 Å². The van der Waals surface area contributed by atoms with Gasteiger partial charge in [0, 0.05) is 29.3 Å². The number of aryl methyl sites for hydroxylation is 1. The summed E-state index contributed by atoms with van der Waals surface area (Å²) in [6, 6.07) is 22.1. The van der Waals surface area contributed by atoms with E-state index in [0.717, 1.165) is 30.4 Å². The lowest BCUT2D eigenvalue weighted by Crippen LogP contribution is -2.40. The monoisotopic (exact) mass is 399 g/mol. The minimum Gasteiger partial charge on any atom is -0.490 e. The topological polar surface area (TPSA) is 58.6 Å². The van der Waals surface area contributed by atoms with Crippen molar-refractivity contribution in [3.8, 4) is 16.9 Å². The van der Waals surface area contributed by atoms with Crippen LogP contribution in [-0.2, 0) is 12.8 Å². The van der Waals surface area contributed by atoms with Gasteiger partial charge in [0.05, 0.1) is 0 Å². The van der Waals surface area contributed by atoms with Gasteiger partial charge in [-0.2, -0.15) is 0 Å². The predicted molar refractivity (Wildman–Crippen MR) is 117 cm³/mol. The Morgan fingerprint density at radius 3 is 2.53 bits per heavy atom. The standard InChI is InChI=1S/C26H25NO3/c28-20(15-27-19-13-12-17-6-1-2-7-18(17)14-19)16-30-24-11-5-10-23-25(24)21-8-3-4-9-22(21)26(23)29/h1-11,19-20,27-28H,12-16H2. The Balaban J connectivity index is 1.21. The molecule has 3 aromatic rings. The van der Waals surface area contributed by atoms with Gasteiger partial charge in [-0.3, -0.25) is 4.79 Å². The highest BCUT2D eigenvalue weighted by Crippen LogP contribution is 2.42. The van der Waals surface area contributed by atoms with Gasteiger partial charge in [0.1, 0.15) is 18.5 Å². The minimum absolute atomic E-state index is 0.0332. The molecule has 0 aromatic heterocycles. The maximum Gasteiger partial charge on any atom is 0.194 e. The molecule has 5 rings (SSSR count). The summed E-state index contributed by atoms with van der Waals surface area (Å²) in [6.45, 7) is 0.667. The Hall–Kier alpha value is -2.95. The van der Waals surface area contributed by atoms with E-state index in [-0.39, 0.29) is 12.4 Å². The number of benzene rings is 3. The molecule has 30 heavy (non-hydrogen) atoms. The van der Waals surface area contributed by atoms with Crippen LogP contribution in [0.4, 0.5) is 0 Å². The zero-order chi connectivity index (χ0) is 20.5. The lowest BCUT2D eigenvalue weighted by Gasteiger charge is -2.26. The molecule has 2 unspecified atom stereocenters. The Morgan fingerprint density at radius 1 is 0.933 bits per heavy atom. The molecule has 0 amide bonds. The van der Waals surface area contributed by atoms with Gasteiger partial charge in [0.15, 0.2) is 5.78 Å².